The summed E-state index contributed by atoms with van der Waals surface area (Å²) in [7, 11) is -3.69. The van der Waals surface area contributed by atoms with E-state index < -0.39 is 16.1 Å². The van der Waals surface area contributed by atoms with Gasteiger partial charge in [0.1, 0.15) is 4.90 Å². The van der Waals surface area contributed by atoms with E-state index in [0.29, 0.717) is 5.69 Å². The number of fused-ring (bicyclic) bond motifs is 1. The molecular weight excluding hydrogens is 240 g/mol. The first-order valence-corrected chi connectivity index (χ1v) is 6.91. The van der Waals surface area contributed by atoms with Crippen LogP contribution in [0.5, 0.6) is 0 Å². The summed E-state index contributed by atoms with van der Waals surface area (Å²) in [4.78, 5) is 11.8. The predicted octanol–water partition coefficient (Wildman–Crippen LogP) is 1.81. The number of hydrogen-bond acceptors (Lipinski definition) is 3. The molecule has 1 aliphatic rings. The molecule has 5 nitrogen and oxygen atoms in total. The maximum Gasteiger partial charge on any atom is 0.335 e. The topological polar surface area (TPSA) is 66.5 Å². The number of nitrogens with one attached hydrogen (secondary N) is 1. The van der Waals surface area contributed by atoms with E-state index in [2.05, 4.69) is 5.32 Å². The van der Waals surface area contributed by atoms with E-state index in [1.165, 1.54) is 0 Å². The van der Waals surface area contributed by atoms with E-state index in [-0.39, 0.29) is 11.4 Å². The van der Waals surface area contributed by atoms with Crippen LogP contribution in [0, 0.1) is 0 Å². The summed E-state index contributed by atoms with van der Waals surface area (Å²) in [6, 6.07) is 4.48. The zero-order chi connectivity index (χ0) is 12.6. The normalized spacial score (nSPS) is 17.5. The Kier molecular flexibility index (Phi) is 2.82. The Bertz CT molecular complexity index is 566. The van der Waals surface area contributed by atoms with Gasteiger partial charge in [-0.15, -0.1) is 0 Å². The Hall–Kier alpha value is -1.56. The van der Waals surface area contributed by atoms with Gasteiger partial charge in [-0.25, -0.2) is 17.5 Å². The van der Waals surface area contributed by atoms with Gasteiger partial charge in [0.05, 0.1) is 5.69 Å². The molecule has 1 aliphatic heterocycles. The van der Waals surface area contributed by atoms with E-state index in [1.54, 1.807) is 19.1 Å². The Morgan fingerprint density at radius 3 is 2.59 bits per heavy atom. The van der Waals surface area contributed by atoms with Crippen molar-refractivity contribution < 1.29 is 13.2 Å². The van der Waals surface area contributed by atoms with Crippen LogP contribution in [0.4, 0.5) is 10.5 Å². The molecule has 0 fully saturated rings. The van der Waals surface area contributed by atoms with Crippen LogP contribution in [0.3, 0.4) is 0 Å². The van der Waals surface area contributed by atoms with Gasteiger partial charge in [0.15, 0.2) is 0 Å². The van der Waals surface area contributed by atoms with Gasteiger partial charge >= 0.3 is 6.03 Å². The molecule has 0 atom stereocenters. The fourth-order valence-corrected chi connectivity index (χ4v) is 3.36. The van der Waals surface area contributed by atoms with Crippen molar-refractivity contribution in [1.29, 1.82) is 0 Å². The number of carbonyl (C=O) groups is 1. The van der Waals surface area contributed by atoms with Gasteiger partial charge in [-0.3, -0.25) is 0 Å². The van der Waals surface area contributed by atoms with Gasteiger partial charge in [0.25, 0.3) is 10.0 Å². The number of sulfonamides is 1. The minimum atomic E-state index is -3.69. The maximum atomic E-state index is 12.2. The van der Waals surface area contributed by atoms with E-state index in [4.69, 9.17) is 0 Å². The number of amides is 2. The Labute approximate surface area is 100 Å². The van der Waals surface area contributed by atoms with Crippen molar-refractivity contribution in [3.05, 3.63) is 23.8 Å². The molecule has 1 N–H and O–H groups in total. The number of rotatable bonds is 2. The first-order valence-electron chi connectivity index (χ1n) is 5.47. The second-order valence-electron chi connectivity index (χ2n) is 3.78. The van der Waals surface area contributed by atoms with Crippen LogP contribution < -0.4 is 5.32 Å². The smallest absolute Gasteiger partial charge is 0.306 e. The van der Waals surface area contributed by atoms with E-state index in [0.717, 1.165) is 16.3 Å². The molecule has 2 rings (SSSR count). The Balaban J connectivity index is 2.64. The van der Waals surface area contributed by atoms with Crippen molar-refractivity contribution in [3.8, 4) is 0 Å². The van der Waals surface area contributed by atoms with Crippen molar-refractivity contribution in [2.24, 2.45) is 0 Å². The van der Waals surface area contributed by atoms with Gasteiger partial charge < -0.3 is 5.32 Å². The average molecular weight is 254 g/mol. The SMILES string of the molecule is CCc1ccc2c(c1)S(=O)(=O)N(CC)C(=O)N2. The molecule has 0 aliphatic carbocycles. The third-order valence-electron chi connectivity index (χ3n) is 2.78. The maximum absolute atomic E-state index is 12.2. The Morgan fingerprint density at radius 1 is 1.29 bits per heavy atom. The lowest BCUT2D eigenvalue weighted by atomic mass is 10.1. The van der Waals surface area contributed by atoms with Crippen LogP contribution in [0.1, 0.15) is 19.4 Å². The largest absolute Gasteiger partial charge is 0.335 e. The molecule has 0 aromatic heterocycles. The van der Waals surface area contributed by atoms with E-state index in [1.807, 2.05) is 13.0 Å². The number of urea groups is 1. The fourth-order valence-electron chi connectivity index (χ4n) is 1.82. The summed E-state index contributed by atoms with van der Waals surface area (Å²) in [5.74, 6) is 0. The fraction of sp³-hybridized carbons (Fsp3) is 0.364. The third kappa shape index (κ3) is 1.78. The van der Waals surface area contributed by atoms with Crippen LogP contribution in [0.25, 0.3) is 0 Å². The lowest BCUT2D eigenvalue weighted by Gasteiger charge is -2.28. The monoisotopic (exact) mass is 254 g/mol. The summed E-state index contributed by atoms with van der Waals surface area (Å²) in [5, 5.41) is 2.58. The van der Waals surface area contributed by atoms with Gasteiger partial charge in [0.2, 0.25) is 0 Å². The predicted molar refractivity (Wildman–Crippen MR) is 64.4 cm³/mol. The minimum absolute atomic E-state index is 0.129. The van der Waals surface area contributed by atoms with Crippen molar-refractivity contribution in [2.75, 3.05) is 11.9 Å². The van der Waals surface area contributed by atoms with Gasteiger partial charge in [-0.2, -0.15) is 0 Å². The molecule has 0 saturated heterocycles. The summed E-state index contributed by atoms with van der Waals surface area (Å²) in [5.41, 5.74) is 1.29. The van der Waals surface area contributed by atoms with Crippen molar-refractivity contribution >= 4 is 21.7 Å². The van der Waals surface area contributed by atoms with Gasteiger partial charge in [-0.05, 0) is 31.0 Å². The lowest BCUT2D eigenvalue weighted by molar-refractivity contribution is 0.236. The third-order valence-corrected chi connectivity index (χ3v) is 4.68. The van der Waals surface area contributed by atoms with E-state index in [9.17, 15) is 13.2 Å². The van der Waals surface area contributed by atoms with Crippen molar-refractivity contribution in [2.45, 2.75) is 25.2 Å². The molecule has 6 heteroatoms. The summed E-state index contributed by atoms with van der Waals surface area (Å²) in [6.45, 7) is 3.71. The van der Waals surface area contributed by atoms with E-state index >= 15 is 0 Å². The molecular formula is C11H14N2O3S. The zero-order valence-electron chi connectivity index (χ0n) is 9.73. The number of carbonyl (C=O) groups excluding carboxylic acids is 1. The highest BCUT2D eigenvalue weighted by molar-refractivity contribution is 7.90. The van der Waals surface area contributed by atoms with Gasteiger partial charge in [0, 0.05) is 6.54 Å². The molecule has 0 saturated carbocycles. The second-order valence-corrected chi connectivity index (χ2v) is 5.61. The van der Waals surface area contributed by atoms with Crippen molar-refractivity contribution in [1.82, 2.24) is 4.31 Å². The highest BCUT2D eigenvalue weighted by atomic mass is 32.2. The highest BCUT2D eigenvalue weighted by Gasteiger charge is 2.35. The number of anilines is 1. The number of benzene rings is 1. The second kappa shape index (κ2) is 4.03. The molecule has 1 heterocycles. The van der Waals surface area contributed by atoms with Crippen LogP contribution in [0.2, 0.25) is 0 Å². The molecule has 1 aromatic rings. The van der Waals surface area contributed by atoms with Crippen LogP contribution in [-0.4, -0.2) is 25.3 Å². The van der Waals surface area contributed by atoms with Crippen LogP contribution in [-0.2, 0) is 16.4 Å². The van der Waals surface area contributed by atoms with Gasteiger partial charge in [-0.1, -0.05) is 13.0 Å². The van der Waals surface area contributed by atoms with Crippen LogP contribution in [0.15, 0.2) is 23.1 Å². The quantitative estimate of drug-likeness (QED) is 0.875. The standard InChI is InChI=1S/C11H14N2O3S/c1-3-8-5-6-9-10(7-8)17(15,16)13(4-2)11(14)12-9/h5-7H,3-4H2,1-2H3,(H,12,14). The molecule has 2 amide bonds. The summed E-state index contributed by atoms with van der Waals surface area (Å²) in [6.07, 6.45) is 0.753. The first kappa shape index (κ1) is 11.9. The van der Waals surface area contributed by atoms with Crippen LogP contribution >= 0.6 is 0 Å². The molecule has 0 spiro atoms. The van der Waals surface area contributed by atoms with Crippen molar-refractivity contribution in [3.63, 3.8) is 0 Å². The summed E-state index contributed by atoms with van der Waals surface area (Å²) < 4.78 is 25.2. The molecule has 0 bridgehead atoms. The lowest BCUT2D eigenvalue weighted by Crippen LogP contribution is -2.43. The zero-order valence-corrected chi connectivity index (χ0v) is 10.5. The first-order chi connectivity index (χ1) is 8.00. The Morgan fingerprint density at radius 2 is 2.00 bits per heavy atom. The number of hydrogen-bond donors (Lipinski definition) is 1. The molecule has 17 heavy (non-hydrogen) atoms. The average Bonchev–Trinajstić information content (AvgIpc) is 2.28. The molecule has 1 aromatic carbocycles. The number of aryl methyl sites for hydroxylation is 1. The minimum Gasteiger partial charge on any atom is -0.306 e. The molecule has 92 valence electrons. The molecule has 0 radical (unpaired) electrons. The summed E-state index contributed by atoms with van der Waals surface area (Å²) >= 11 is 0. The highest BCUT2D eigenvalue weighted by Crippen LogP contribution is 2.30. The molecule has 0 unspecified atom stereocenters. The number of nitrogens with zero attached hydrogens (tertiary/aromatic N) is 1.